The number of hydrogen-bond acceptors (Lipinski definition) is 4. The van der Waals surface area contributed by atoms with Crippen LogP contribution >= 0.6 is 0 Å². The number of nitrogens with zero attached hydrogens (tertiary/aromatic N) is 2. The standard InChI is InChI=1S/C22H27N3O4S/c1-16(2)17-6-10-19(11-7-17)29-15-22(26)23-18-8-12-20(13-9-18)30(27,28)24-21-5-4-14-25(21)3/h6-13,16H,4-5,14-15H2,1-3H3,(H,23,26). The van der Waals surface area contributed by atoms with E-state index in [2.05, 4.69) is 23.6 Å². The number of amides is 1. The number of nitrogens with one attached hydrogen (secondary N) is 1. The van der Waals surface area contributed by atoms with Gasteiger partial charge in [0.2, 0.25) is 0 Å². The molecule has 0 radical (unpaired) electrons. The molecule has 1 aliphatic rings. The molecule has 0 unspecified atom stereocenters. The van der Waals surface area contributed by atoms with Gasteiger partial charge in [-0.15, -0.1) is 4.40 Å². The summed E-state index contributed by atoms with van der Waals surface area (Å²) in [6, 6.07) is 13.6. The van der Waals surface area contributed by atoms with E-state index in [1.54, 1.807) is 12.1 Å². The fourth-order valence-electron chi connectivity index (χ4n) is 3.11. The molecule has 30 heavy (non-hydrogen) atoms. The fraction of sp³-hybridized carbons (Fsp3) is 0.364. The second-order valence-electron chi connectivity index (χ2n) is 7.59. The van der Waals surface area contributed by atoms with Gasteiger partial charge in [0.05, 0.1) is 4.90 Å². The molecule has 2 aromatic rings. The van der Waals surface area contributed by atoms with E-state index in [-0.39, 0.29) is 17.4 Å². The van der Waals surface area contributed by atoms with Crippen LogP contribution in [0.1, 0.15) is 38.2 Å². The number of likely N-dealkylation sites (tertiary alicyclic amines) is 1. The Labute approximate surface area is 177 Å². The number of ether oxygens (including phenoxy) is 1. The van der Waals surface area contributed by atoms with Crippen LogP contribution in [-0.4, -0.2) is 45.3 Å². The van der Waals surface area contributed by atoms with Crippen molar-refractivity contribution >= 4 is 27.5 Å². The number of sulfonamides is 1. The highest BCUT2D eigenvalue weighted by Crippen LogP contribution is 2.20. The van der Waals surface area contributed by atoms with E-state index in [1.807, 2.05) is 36.2 Å². The Kier molecular flexibility index (Phi) is 6.77. The average molecular weight is 430 g/mol. The van der Waals surface area contributed by atoms with Crippen LogP contribution in [0.25, 0.3) is 0 Å². The number of anilines is 1. The lowest BCUT2D eigenvalue weighted by Crippen LogP contribution is -2.20. The van der Waals surface area contributed by atoms with Gasteiger partial charge < -0.3 is 15.0 Å². The van der Waals surface area contributed by atoms with Crippen molar-refractivity contribution in [2.24, 2.45) is 4.40 Å². The number of hydrogen-bond donors (Lipinski definition) is 1. The van der Waals surface area contributed by atoms with Gasteiger partial charge in [0, 0.05) is 25.7 Å². The third kappa shape index (κ3) is 5.60. The summed E-state index contributed by atoms with van der Waals surface area (Å²) in [6.07, 6.45) is 1.56. The maximum Gasteiger partial charge on any atom is 0.283 e. The minimum absolute atomic E-state index is 0.0924. The van der Waals surface area contributed by atoms with Crippen LogP contribution in [0.4, 0.5) is 5.69 Å². The van der Waals surface area contributed by atoms with Gasteiger partial charge in [0.25, 0.3) is 15.9 Å². The van der Waals surface area contributed by atoms with Gasteiger partial charge in [-0.25, -0.2) is 0 Å². The molecular weight excluding hydrogens is 402 g/mol. The molecule has 1 heterocycles. The molecule has 0 atom stereocenters. The summed E-state index contributed by atoms with van der Waals surface area (Å²) in [5, 5.41) is 2.70. The van der Waals surface area contributed by atoms with Crippen LogP contribution in [0, 0.1) is 0 Å². The van der Waals surface area contributed by atoms with E-state index in [9.17, 15) is 13.2 Å². The Bertz CT molecular complexity index is 1010. The van der Waals surface area contributed by atoms with Crippen LogP contribution in [0.15, 0.2) is 57.8 Å². The highest BCUT2D eigenvalue weighted by Gasteiger charge is 2.20. The Morgan fingerprint density at radius 3 is 2.37 bits per heavy atom. The molecular formula is C22H27N3O4S. The summed E-state index contributed by atoms with van der Waals surface area (Å²) in [6.45, 7) is 4.89. The van der Waals surface area contributed by atoms with Gasteiger partial charge in [0.15, 0.2) is 6.61 Å². The molecule has 2 aromatic carbocycles. The smallest absolute Gasteiger partial charge is 0.283 e. The largest absolute Gasteiger partial charge is 0.484 e. The van der Waals surface area contributed by atoms with Crippen molar-refractivity contribution in [1.82, 2.24) is 4.90 Å². The minimum Gasteiger partial charge on any atom is -0.484 e. The first-order valence-electron chi connectivity index (χ1n) is 9.92. The molecule has 0 saturated carbocycles. The van der Waals surface area contributed by atoms with Crippen LogP contribution in [0.2, 0.25) is 0 Å². The molecule has 1 aliphatic heterocycles. The molecule has 8 heteroatoms. The summed E-state index contributed by atoms with van der Waals surface area (Å²) in [7, 11) is -1.93. The second kappa shape index (κ2) is 9.30. The maximum atomic E-state index is 12.5. The van der Waals surface area contributed by atoms with Gasteiger partial charge in [0.1, 0.15) is 11.6 Å². The third-order valence-corrected chi connectivity index (χ3v) is 6.23. The zero-order chi connectivity index (χ0) is 21.7. The van der Waals surface area contributed by atoms with Gasteiger partial charge >= 0.3 is 0 Å². The zero-order valence-corrected chi connectivity index (χ0v) is 18.3. The van der Waals surface area contributed by atoms with Crippen molar-refractivity contribution in [2.75, 3.05) is 25.5 Å². The summed E-state index contributed by atoms with van der Waals surface area (Å²) in [4.78, 5) is 14.1. The van der Waals surface area contributed by atoms with Gasteiger partial charge in [-0.05, 0) is 54.3 Å². The molecule has 160 valence electrons. The number of rotatable bonds is 7. The first-order valence-corrected chi connectivity index (χ1v) is 11.4. The van der Waals surface area contributed by atoms with Crippen molar-refractivity contribution in [2.45, 2.75) is 37.5 Å². The Hall–Kier alpha value is -2.87. The average Bonchev–Trinajstić information content (AvgIpc) is 3.11. The molecule has 0 bridgehead atoms. The summed E-state index contributed by atoms with van der Waals surface area (Å²) < 4.78 is 34.4. The number of carbonyl (C=O) groups is 1. The van der Waals surface area contributed by atoms with Crippen LogP contribution in [0.5, 0.6) is 5.75 Å². The predicted molar refractivity (Wildman–Crippen MR) is 118 cm³/mol. The predicted octanol–water partition coefficient (Wildman–Crippen LogP) is 3.64. The molecule has 0 aromatic heterocycles. The molecule has 0 spiro atoms. The molecule has 1 amide bonds. The Balaban J connectivity index is 1.56. The van der Waals surface area contributed by atoms with E-state index in [0.29, 0.717) is 29.6 Å². The molecule has 0 aliphatic carbocycles. The van der Waals surface area contributed by atoms with Crippen LogP contribution in [0.3, 0.4) is 0 Å². The zero-order valence-electron chi connectivity index (χ0n) is 17.5. The lowest BCUT2D eigenvalue weighted by molar-refractivity contribution is -0.118. The van der Waals surface area contributed by atoms with E-state index in [0.717, 1.165) is 13.0 Å². The van der Waals surface area contributed by atoms with Crippen LogP contribution in [-0.2, 0) is 14.8 Å². The van der Waals surface area contributed by atoms with Crippen molar-refractivity contribution in [1.29, 1.82) is 0 Å². The third-order valence-electron chi connectivity index (χ3n) is 4.91. The first-order chi connectivity index (χ1) is 14.2. The lowest BCUT2D eigenvalue weighted by Gasteiger charge is -2.11. The second-order valence-corrected chi connectivity index (χ2v) is 9.20. The van der Waals surface area contributed by atoms with Crippen molar-refractivity contribution in [3.05, 3.63) is 54.1 Å². The summed E-state index contributed by atoms with van der Waals surface area (Å²) >= 11 is 0. The van der Waals surface area contributed by atoms with E-state index < -0.39 is 10.0 Å². The SMILES string of the molecule is CC(C)c1ccc(OCC(=O)Nc2ccc(S(=O)(=O)N=C3CCCN3C)cc2)cc1. The van der Waals surface area contributed by atoms with E-state index in [4.69, 9.17) is 4.74 Å². The first kappa shape index (κ1) is 21.8. The fourth-order valence-corrected chi connectivity index (χ4v) is 4.20. The Morgan fingerprint density at radius 2 is 1.80 bits per heavy atom. The Morgan fingerprint density at radius 1 is 1.13 bits per heavy atom. The minimum atomic E-state index is -3.77. The van der Waals surface area contributed by atoms with E-state index >= 15 is 0 Å². The highest BCUT2D eigenvalue weighted by molar-refractivity contribution is 7.90. The van der Waals surface area contributed by atoms with Crippen molar-refractivity contribution in [3.8, 4) is 5.75 Å². The van der Waals surface area contributed by atoms with E-state index in [1.165, 1.54) is 17.7 Å². The number of carbonyl (C=O) groups excluding carboxylic acids is 1. The topological polar surface area (TPSA) is 88.1 Å². The number of benzene rings is 2. The van der Waals surface area contributed by atoms with Gasteiger partial charge in [-0.1, -0.05) is 26.0 Å². The monoisotopic (exact) mass is 429 g/mol. The van der Waals surface area contributed by atoms with Crippen LogP contribution < -0.4 is 10.1 Å². The lowest BCUT2D eigenvalue weighted by atomic mass is 10.0. The highest BCUT2D eigenvalue weighted by atomic mass is 32.2. The normalized spacial score (nSPS) is 15.6. The molecule has 7 nitrogen and oxygen atoms in total. The van der Waals surface area contributed by atoms with Crippen molar-refractivity contribution in [3.63, 3.8) is 0 Å². The molecule has 3 rings (SSSR count). The molecule has 1 saturated heterocycles. The molecule has 1 fully saturated rings. The van der Waals surface area contributed by atoms with Gasteiger partial charge in [-0.3, -0.25) is 4.79 Å². The summed E-state index contributed by atoms with van der Waals surface area (Å²) in [5.41, 5.74) is 1.69. The summed E-state index contributed by atoms with van der Waals surface area (Å²) in [5.74, 6) is 1.30. The quantitative estimate of drug-likeness (QED) is 0.726. The van der Waals surface area contributed by atoms with Crippen molar-refractivity contribution < 1.29 is 17.9 Å². The maximum absolute atomic E-state index is 12.5. The van der Waals surface area contributed by atoms with Gasteiger partial charge in [-0.2, -0.15) is 8.42 Å². The molecule has 1 N–H and O–H groups in total. The number of amidine groups is 1.